The van der Waals surface area contributed by atoms with E-state index < -0.39 is 0 Å². The summed E-state index contributed by atoms with van der Waals surface area (Å²) >= 11 is 0. The number of carbonyl (C=O) groups is 1. The minimum Gasteiger partial charge on any atom is -0.380 e. The molecule has 16 heavy (non-hydrogen) atoms. The highest BCUT2D eigenvalue weighted by Gasteiger charge is 2.28. The third-order valence-electron chi connectivity index (χ3n) is 3.54. The fourth-order valence-corrected chi connectivity index (χ4v) is 2.48. The maximum absolute atomic E-state index is 11.8. The van der Waals surface area contributed by atoms with E-state index in [-0.39, 0.29) is 5.92 Å². The van der Waals surface area contributed by atoms with E-state index in [0.717, 1.165) is 45.8 Å². The van der Waals surface area contributed by atoms with Gasteiger partial charge in [0.15, 0.2) is 0 Å². The predicted octanol–water partition coefficient (Wildman–Crippen LogP) is 0.575. The molecule has 1 atom stereocenters. The third-order valence-corrected chi connectivity index (χ3v) is 3.54. The molecule has 4 heteroatoms. The molecule has 2 heterocycles. The molecular weight excluding hydrogens is 204 g/mol. The molecule has 4 nitrogen and oxygen atoms in total. The molecule has 1 unspecified atom stereocenters. The minimum absolute atomic E-state index is 0.126. The molecule has 0 aromatic rings. The molecule has 1 amide bonds. The molecule has 2 rings (SSSR count). The Hall–Kier alpha value is -0.610. The molecule has 0 N–H and O–H groups in total. The first-order valence-corrected chi connectivity index (χ1v) is 6.29. The van der Waals surface area contributed by atoms with Gasteiger partial charge in [0.2, 0.25) is 5.91 Å². The topological polar surface area (TPSA) is 32.8 Å². The van der Waals surface area contributed by atoms with Gasteiger partial charge in [0.05, 0.1) is 6.61 Å². The summed E-state index contributed by atoms with van der Waals surface area (Å²) in [5.41, 5.74) is 0. The van der Waals surface area contributed by atoms with Crippen molar-refractivity contribution in [2.75, 3.05) is 39.4 Å². The second-order valence-corrected chi connectivity index (χ2v) is 5.03. The van der Waals surface area contributed by atoms with E-state index in [1.165, 1.54) is 0 Å². The molecule has 2 aliphatic rings. The van der Waals surface area contributed by atoms with Gasteiger partial charge >= 0.3 is 0 Å². The van der Waals surface area contributed by atoms with Crippen molar-refractivity contribution in [2.45, 2.75) is 26.3 Å². The molecule has 0 spiro atoms. The zero-order valence-corrected chi connectivity index (χ0v) is 10.3. The third kappa shape index (κ3) is 2.55. The zero-order valence-electron chi connectivity index (χ0n) is 10.3. The van der Waals surface area contributed by atoms with Crippen LogP contribution in [0.3, 0.4) is 0 Å². The Balaban J connectivity index is 1.80. The summed E-state index contributed by atoms with van der Waals surface area (Å²) in [6.45, 7) is 9.49. The Labute approximate surface area is 97.5 Å². The van der Waals surface area contributed by atoms with Crippen molar-refractivity contribution in [2.24, 2.45) is 5.92 Å². The van der Waals surface area contributed by atoms with Crippen LogP contribution >= 0.6 is 0 Å². The number of ether oxygens (including phenoxy) is 1. The number of piperazine rings is 1. The first kappa shape index (κ1) is 11.9. The lowest BCUT2D eigenvalue weighted by Gasteiger charge is -2.38. The number of hydrogen-bond acceptors (Lipinski definition) is 3. The lowest BCUT2D eigenvalue weighted by molar-refractivity contribution is -0.136. The van der Waals surface area contributed by atoms with Crippen LogP contribution in [0.1, 0.15) is 20.3 Å². The van der Waals surface area contributed by atoms with Crippen LogP contribution in [0.15, 0.2) is 0 Å². The van der Waals surface area contributed by atoms with E-state index in [9.17, 15) is 4.79 Å². The summed E-state index contributed by atoms with van der Waals surface area (Å²) < 4.78 is 5.40. The largest absolute Gasteiger partial charge is 0.380 e. The standard InChI is InChI=1S/C12H22N2O2/c1-10(2)12(15)14-6-4-13(5-7-14)11-3-8-16-9-11/h10-11H,3-9H2,1-2H3. The SMILES string of the molecule is CC(C)C(=O)N1CCN(C2CCOC2)CC1. The van der Waals surface area contributed by atoms with Crippen LogP contribution in [0.25, 0.3) is 0 Å². The summed E-state index contributed by atoms with van der Waals surface area (Å²) in [4.78, 5) is 16.3. The Morgan fingerprint density at radius 2 is 1.94 bits per heavy atom. The van der Waals surface area contributed by atoms with Gasteiger partial charge in [-0.2, -0.15) is 0 Å². The zero-order chi connectivity index (χ0) is 11.5. The fraction of sp³-hybridized carbons (Fsp3) is 0.917. The fourth-order valence-electron chi connectivity index (χ4n) is 2.48. The van der Waals surface area contributed by atoms with Crippen molar-refractivity contribution in [1.82, 2.24) is 9.80 Å². The van der Waals surface area contributed by atoms with Crippen molar-refractivity contribution < 1.29 is 9.53 Å². The Morgan fingerprint density at radius 3 is 2.44 bits per heavy atom. The summed E-state index contributed by atoms with van der Waals surface area (Å²) in [6.07, 6.45) is 1.15. The van der Waals surface area contributed by atoms with Gasteiger partial charge in [0.25, 0.3) is 0 Å². The monoisotopic (exact) mass is 226 g/mol. The van der Waals surface area contributed by atoms with Gasteiger partial charge in [-0.25, -0.2) is 0 Å². The molecule has 0 radical (unpaired) electrons. The van der Waals surface area contributed by atoms with E-state index in [0.29, 0.717) is 11.9 Å². The van der Waals surface area contributed by atoms with Crippen molar-refractivity contribution in [3.8, 4) is 0 Å². The highest BCUT2D eigenvalue weighted by Crippen LogP contribution is 2.15. The van der Waals surface area contributed by atoms with Gasteiger partial charge in [0, 0.05) is 44.7 Å². The molecule has 92 valence electrons. The number of nitrogens with zero attached hydrogens (tertiary/aromatic N) is 2. The number of hydrogen-bond donors (Lipinski definition) is 0. The molecule has 2 fully saturated rings. The quantitative estimate of drug-likeness (QED) is 0.690. The van der Waals surface area contributed by atoms with E-state index in [2.05, 4.69) is 4.90 Å². The normalized spacial score (nSPS) is 27.7. The lowest BCUT2D eigenvalue weighted by atomic mass is 10.1. The highest BCUT2D eigenvalue weighted by molar-refractivity contribution is 5.78. The van der Waals surface area contributed by atoms with Crippen LogP contribution in [-0.2, 0) is 9.53 Å². The average molecular weight is 226 g/mol. The summed E-state index contributed by atoms with van der Waals surface area (Å²) in [6, 6.07) is 0.594. The second-order valence-electron chi connectivity index (χ2n) is 5.03. The average Bonchev–Trinajstić information content (AvgIpc) is 2.81. The molecular formula is C12H22N2O2. The Morgan fingerprint density at radius 1 is 1.25 bits per heavy atom. The maximum Gasteiger partial charge on any atom is 0.225 e. The van der Waals surface area contributed by atoms with E-state index >= 15 is 0 Å². The maximum atomic E-state index is 11.8. The highest BCUT2D eigenvalue weighted by atomic mass is 16.5. The van der Waals surface area contributed by atoms with E-state index in [1.807, 2.05) is 18.7 Å². The molecule has 2 aliphatic heterocycles. The first-order chi connectivity index (χ1) is 7.68. The predicted molar refractivity (Wildman–Crippen MR) is 62.2 cm³/mol. The molecule has 0 bridgehead atoms. The van der Waals surface area contributed by atoms with Crippen molar-refractivity contribution in [3.63, 3.8) is 0 Å². The summed E-state index contributed by atoms with van der Waals surface area (Å²) in [5.74, 6) is 0.420. The smallest absolute Gasteiger partial charge is 0.225 e. The van der Waals surface area contributed by atoms with Gasteiger partial charge in [-0.3, -0.25) is 9.69 Å². The summed E-state index contributed by atoms with van der Waals surface area (Å²) in [7, 11) is 0. The second kappa shape index (κ2) is 5.15. The molecule has 0 saturated carbocycles. The van der Waals surface area contributed by atoms with Crippen molar-refractivity contribution in [1.29, 1.82) is 0 Å². The molecule has 2 saturated heterocycles. The van der Waals surface area contributed by atoms with Crippen LogP contribution in [0.5, 0.6) is 0 Å². The van der Waals surface area contributed by atoms with Crippen LogP contribution < -0.4 is 0 Å². The van der Waals surface area contributed by atoms with E-state index in [4.69, 9.17) is 4.74 Å². The van der Waals surface area contributed by atoms with Gasteiger partial charge in [-0.15, -0.1) is 0 Å². The van der Waals surface area contributed by atoms with Gasteiger partial charge in [0.1, 0.15) is 0 Å². The van der Waals surface area contributed by atoms with Crippen LogP contribution in [0.4, 0.5) is 0 Å². The Bertz CT molecular complexity index is 241. The molecule has 0 aromatic heterocycles. The minimum atomic E-state index is 0.126. The van der Waals surface area contributed by atoms with Gasteiger partial charge in [-0.05, 0) is 6.42 Å². The Kier molecular flexibility index (Phi) is 3.82. The van der Waals surface area contributed by atoms with E-state index in [1.54, 1.807) is 0 Å². The van der Waals surface area contributed by atoms with Crippen LogP contribution in [0, 0.1) is 5.92 Å². The van der Waals surface area contributed by atoms with Crippen molar-refractivity contribution >= 4 is 5.91 Å². The number of amides is 1. The number of rotatable bonds is 2. The van der Waals surface area contributed by atoms with Gasteiger partial charge in [-0.1, -0.05) is 13.8 Å². The van der Waals surface area contributed by atoms with Gasteiger partial charge < -0.3 is 9.64 Å². The first-order valence-electron chi connectivity index (χ1n) is 6.29. The summed E-state index contributed by atoms with van der Waals surface area (Å²) in [5, 5.41) is 0. The lowest BCUT2D eigenvalue weighted by Crippen LogP contribution is -2.52. The molecule has 0 aliphatic carbocycles. The number of carbonyl (C=O) groups excluding carboxylic acids is 1. The van der Waals surface area contributed by atoms with Crippen molar-refractivity contribution in [3.05, 3.63) is 0 Å². The van der Waals surface area contributed by atoms with Crippen LogP contribution in [0.2, 0.25) is 0 Å². The molecule has 0 aromatic carbocycles. The van der Waals surface area contributed by atoms with Crippen LogP contribution in [-0.4, -0.2) is 61.1 Å².